The topological polar surface area (TPSA) is 70.4 Å². The maximum Gasteiger partial charge on any atom is 0.337 e. The van der Waals surface area contributed by atoms with Crippen LogP contribution in [0.25, 0.3) is 11.1 Å². The summed E-state index contributed by atoms with van der Waals surface area (Å²) in [7, 11) is 0. The second kappa shape index (κ2) is 7.77. The number of phenolic OH excluding ortho intramolecular Hbond substituents is 1. The third kappa shape index (κ3) is 3.48. The smallest absolute Gasteiger partial charge is 0.337 e. The number of carbonyl (C=O) groups is 1. The molecule has 1 heterocycles. The largest absolute Gasteiger partial charge is 0.507 e. The zero-order valence-corrected chi connectivity index (χ0v) is 14.3. The normalized spacial score (nSPS) is 13.5. The number of aromatic nitrogens is 1. The van der Waals surface area contributed by atoms with Gasteiger partial charge in [0.05, 0.1) is 11.3 Å². The van der Waals surface area contributed by atoms with Gasteiger partial charge in [0.25, 0.3) is 0 Å². The van der Waals surface area contributed by atoms with E-state index in [9.17, 15) is 15.0 Å². The SMILES string of the molecule is CC.Cc1ncc(C2=C(c3ccccc3O)CCC2)cc1C(=O)O. The van der Waals surface area contributed by atoms with Gasteiger partial charge in [-0.3, -0.25) is 4.98 Å². The van der Waals surface area contributed by atoms with Gasteiger partial charge in [0.2, 0.25) is 0 Å². The van der Waals surface area contributed by atoms with E-state index in [2.05, 4.69) is 4.98 Å². The molecule has 126 valence electrons. The standard InChI is InChI=1S/C18H17NO3.C2H6/c1-11-16(18(21)22)9-12(10-19-11)13-6-4-7-14(13)15-5-2-3-8-17(15)20;1-2/h2-3,5,8-10,20H,4,6-7H2,1H3,(H,21,22);1-2H3. The molecule has 4 nitrogen and oxygen atoms in total. The average Bonchev–Trinajstić information content (AvgIpc) is 3.06. The lowest BCUT2D eigenvalue weighted by Crippen LogP contribution is -2.03. The first-order chi connectivity index (χ1) is 11.6. The maximum absolute atomic E-state index is 11.3. The number of hydrogen-bond donors (Lipinski definition) is 2. The molecule has 1 aromatic heterocycles. The van der Waals surface area contributed by atoms with Crippen LogP contribution in [-0.4, -0.2) is 21.2 Å². The Bertz CT molecular complexity index is 778. The fraction of sp³-hybridized carbons (Fsp3) is 0.300. The lowest BCUT2D eigenvalue weighted by atomic mass is 9.96. The van der Waals surface area contributed by atoms with E-state index in [-0.39, 0.29) is 11.3 Å². The van der Waals surface area contributed by atoms with Crippen LogP contribution in [0, 0.1) is 6.92 Å². The van der Waals surface area contributed by atoms with Crippen LogP contribution < -0.4 is 0 Å². The van der Waals surface area contributed by atoms with E-state index in [4.69, 9.17) is 0 Å². The van der Waals surface area contributed by atoms with Crippen LogP contribution in [0.5, 0.6) is 5.75 Å². The van der Waals surface area contributed by atoms with Crippen LogP contribution >= 0.6 is 0 Å². The second-order valence-electron chi connectivity index (χ2n) is 5.49. The van der Waals surface area contributed by atoms with E-state index in [0.29, 0.717) is 5.69 Å². The van der Waals surface area contributed by atoms with Crippen molar-refractivity contribution in [1.82, 2.24) is 4.98 Å². The zero-order chi connectivity index (χ0) is 17.7. The molecular weight excluding hydrogens is 302 g/mol. The highest BCUT2D eigenvalue weighted by Gasteiger charge is 2.21. The van der Waals surface area contributed by atoms with E-state index in [1.807, 2.05) is 26.0 Å². The summed E-state index contributed by atoms with van der Waals surface area (Å²) >= 11 is 0. The van der Waals surface area contributed by atoms with E-state index in [0.717, 1.165) is 41.5 Å². The van der Waals surface area contributed by atoms with Crippen molar-refractivity contribution in [3.05, 3.63) is 58.9 Å². The number of pyridine rings is 1. The van der Waals surface area contributed by atoms with Gasteiger partial charge in [-0.25, -0.2) is 4.79 Å². The first-order valence-electron chi connectivity index (χ1n) is 8.28. The third-order valence-corrected chi connectivity index (χ3v) is 4.11. The number of aromatic hydroxyl groups is 1. The molecule has 0 fully saturated rings. The molecule has 0 atom stereocenters. The summed E-state index contributed by atoms with van der Waals surface area (Å²) in [4.78, 5) is 15.5. The summed E-state index contributed by atoms with van der Waals surface area (Å²) in [5, 5.41) is 19.3. The molecule has 1 aliphatic rings. The molecule has 0 spiro atoms. The first-order valence-corrected chi connectivity index (χ1v) is 8.28. The maximum atomic E-state index is 11.3. The monoisotopic (exact) mass is 325 g/mol. The first kappa shape index (κ1) is 17.7. The lowest BCUT2D eigenvalue weighted by molar-refractivity contribution is 0.0695. The van der Waals surface area contributed by atoms with Crippen LogP contribution in [0.2, 0.25) is 0 Å². The Kier molecular flexibility index (Phi) is 5.74. The number of allylic oxidation sites excluding steroid dienone is 2. The van der Waals surface area contributed by atoms with Crippen LogP contribution in [-0.2, 0) is 0 Å². The van der Waals surface area contributed by atoms with Crippen molar-refractivity contribution >= 4 is 17.1 Å². The lowest BCUT2D eigenvalue weighted by Gasteiger charge is -2.11. The molecule has 3 rings (SSSR count). The average molecular weight is 325 g/mol. The summed E-state index contributed by atoms with van der Waals surface area (Å²) in [6, 6.07) is 8.95. The predicted molar refractivity (Wildman–Crippen MR) is 96.1 cm³/mol. The molecule has 4 heteroatoms. The highest BCUT2D eigenvalue weighted by molar-refractivity contribution is 5.96. The number of nitrogens with zero attached hydrogens (tertiary/aromatic N) is 1. The van der Waals surface area contributed by atoms with Gasteiger partial charge in [0, 0.05) is 11.8 Å². The van der Waals surface area contributed by atoms with Crippen LogP contribution in [0.3, 0.4) is 0 Å². The van der Waals surface area contributed by atoms with E-state index in [1.165, 1.54) is 0 Å². The predicted octanol–water partition coefficient (Wildman–Crippen LogP) is 4.91. The molecule has 0 bridgehead atoms. The number of carboxylic acid groups (broad SMARTS) is 1. The number of aromatic carboxylic acids is 1. The van der Waals surface area contributed by atoms with Gasteiger partial charge in [-0.1, -0.05) is 32.0 Å². The minimum atomic E-state index is -0.963. The summed E-state index contributed by atoms with van der Waals surface area (Å²) < 4.78 is 0. The van der Waals surface area contributed by atoms with Crippen LogP contribution in [0.15, 0.2) is 36.5 Å². The fourth-order valence-corrected chi connectivity index (χ4v) is 3.00. The summed E-state index contributed by atoms with van der Waals surface area (Å²) in [6.07, 6.45) is 4.47. The molecule has 0 unspecified atom stereocenters. The Hall–Kier alpha value is -2.62. The van der Waals surface area contributed by atoms with Crippen molar-refractivity contribution in [2.24, 2.45) is 0 Å². The number of para-hydroxylation sites is 1. The van der Waals surface area contributed by atoms with Crippen molar-refractivity contribution in [3.8, 4) is 5.75 Å². The fourth-order valence-electron chi connectivity index (χ4n) is 3.00. The molecular formula is C20H23NO3. The molecule has 0 saturated carbocycles. The van der Waals surface area contributed by atoms with Gasteiger partial charge in [-0.15, -0.1) is 0 Å². The van der Waals surface area contributed by atoms with Crippen molar-refractivity contribution in [2.75, 3.05) is 0 Å². The number of benzene rings is 1. The molecule has 0 radical (unpaired) electrons. The summed E-state index contributed by atoms with van der Waals surface area (Å²) in [5.74, 6) is -0.704. The van der Waals surface area contributed by atoms with Gasteiger partial charge >= 0.3 is 5.97 Å². The van der Waals surface area contributed by atoms with Gasteiger partial charge in [-0.05, 0) is 55.0 Å². The Balaban J connectivity index is 0.00000100. The van der Waals surface area contributed by atoms with Crippen molar-refractivity contribution in [2.45, 2.75) is 40.0 Å². The Morgan fingerprint density at radius 1 is 1.12 bits per heavy atom. The molecule has 0 amide bonds. The molecule has 24 heavy (non-hydrogen) atoms. The minimum Gasteiger partial charge on any atom is -0.507 e. The number of rotatable bonds is 3. The zero-order valence-electron chi connectivity index (χ0n) is 14.3. The number of aryl methyl sites for hydroxylation is 1. The number of carboxylic acids is 1. The number of phenols is 1. The number of hydrogen-bond acceptors (Lipinski definition) is 3. The Morgan fingerprint density at radius 2 is 1.79 bits per heavy atom. The van der Waals surface area contributed by atoms with Gasteiger partial charge < -0.3 is 10.2 Å². The third-order valence-electron chi connectivity index (χ3n) is 4.11. The summed E-state index contributed by atoms with van der Waals surface area (Å²) in [5.41, 5.74) is 4.57. The van der Waals surface area contributed by atoms with Gasteiger partial charge in [-0.2, -0.15) is 0 Å². The van der Waals surface area contributed by atoms with Gasteiger partial charge in [0.15, 0.2) is 0 Å². The molecule has 0 aliphatic heterocycles. The van der Waals surface area contributed by atoms with Crippen molar-refractivity contribution in [1.29, 1.82) is 0 Å². The molecule has 1 aromatic carbocycles. The van der Waals surface area contributed by atoms with E-state index < -0.39 is 5.97 Å². The molecule has 0 saturated heterocycles. The van der Waals surface area contributed by atoms with E-state index >= 15 is 0 Å². The minimum absolute atomic E-state index is 0.230. The molecule has 2 aromatic rings. The second-order valence-corrected chi connectivity index (χ2v) is 5.49. The quantitative estimate of drug-likeness (QED) is 0.840. The van der Waals surface area contributed by atoms with Gasteiger partial charge in [0.1, 0.15) is 5.75 Å². The van der Waals surface area contributed by atoms with E-state index in [1.54, 1.807) is 31.3 Å². The molecule has 1 aliphatic carbocycles. The molecule has 2 N–H and O–H groups in total. The summed E-state index contributed by atoms with van der Waals surface area (Å²) in [6.45, 7) is 5.69. The highest BCUT2D eigenvalue weighted by atomic mass is 16.4. The van der Waals surface area contributed by atoms with Crippen LogP contribution in [0.4, 0.5) is 0 Å². The highest BCUT2D eigenvalue weighted by Crippen LogP contribution is 2.42. The van der Waals surface area contributed by atoms with Crippen LogP contribution in [0.1, 0.15) is 60.3 Å². The Morgan fingerprint density at radius 3 is 2.46 bits per heavy atom. The van der Waals surface area contributed by atoms with Crippen molar-refractivity contribution < 1.29 is 15.0 Å². The Labute approximate surface area is 142 Å². The van der Waals surface area contributed by atoms with Crippen molar-refractivity contribution in [3.63, 3.8) is 0 Å².